The summed E-state index contributed by atoms with van der Waals surface area (Å²) in [4.78, 5) is 11.3. The Morgan fingerprint density at radius 2 is 1.88 bits per heavy atom. The van der Waals surface area contributed by atoms with Crippen LogP contribution in [-0.2, 0) is 4.74 Å². The summed E-state index contributed by atoms with van der Waals surface area (Å²) in [7, 11) is 5.70. The summed E-state index contributed by atoms with van der Waals surface area (Å²) < 4.78 is 10.9. The molecule has 0 amide bonds. The molecule has 5 heteroatoms. The number of fused-ring (bicyclic) bond motifs is 1. The molecule has 0 unspecified atom stereocenters. The van der Waals surface area contributed by atoms with Crippen LogP contribution < -0.4 is 9.64 Å². The van der Waals surface area contributed by atoms with Gasteiger partial charge in [0.25, 0.3) is 0 Å². The molecule has 2 aromatic heterocycles. The molecule has 3 rings (SSSR count). The molecule has 0 aliphatic rings. The molecule has 0 saturated carbocycles. The highest BCUT2D eigenvalue weighted by Gasteiger charge is 2.13. The Balaban J connectivity index is 2.12. The third-order valence-electron chi connectivity index (χ3n) is 3.75. The van der Waals surface area contributed by atoms with Gasteiger partial charge in [0.05, 0.1) is 23.2 Å². The van der Waals surface area contributed by atoms with Crippen molar-refractivity contribution in [1.82, 2.24) is 9.97 Å². The van der Waals surface area contributed by atoms with Crippen LogP contribution >= 0.6 is 0 Å². The SMILES string of the molecule is COCCOc1nc(-c2ccccc2N(C)C)cc2ncccc12. The third kappa shape index (κ3) is 3.31. The normalized spacial score (nSPS) is 10.8. The van der Waals surface area contributed by atoms with E-state index in [9.17, 15) is 0 Å². The first-order valence-electron chi connectivity index (χ1n) is 7.85. The number of benzene rings is 1. The molecule has 0 atom stereocenters. The Morgan fingerprint density at radius 3 is 2.67 bits per heavy atom. The van der Waals surface area contributed by atoms with Crippen molar-refractivity contribution in [3.63, 3.8) is 0 Å². The van der Waals surface area contributed by atoms with Crippen molar-refractivity contribution >= 4 is 16.6 Å². The second-order valence-corrected chi connectivity index (χ2v) is 5.64. The minimum absolute atomic E-state index is 0.451. The summed E-state index contributed by atoms with van der Waals surface area (Å²) in [6.07, 6.45) is 1.78. The van der Waals surface area contributed by atoms with E-state index in [1.54, 1.807) is 13.3 Å². The van der Waals surface area contributed by atoms with Crippen molar-refractivity contribution < 1.29 is 9.47 Å². The van der Waals surface area contributed by atoms with Crippen LogP contribution in [0.2, 0.25) is 0 Å². The van der Waals surface area contributed by atoms with Crippen molar-refractivity contribution in [2.24, 2.45) is 0 Å². The van der Waals surface area contributed by atoms with Gasteiger partial charge in [-0.1, -0.05) is 18.2 Å². The number of aromatic nitrogens is 2. The van der Waals surface area contributed by atoms with Gasteiger partial charge in [-0.3, -0.25) is 4.98 Å². The molecule has 0 radical (unpaired) electrons. The molecular weight excluding hydrogens is 302 g/mol. The third-order valence-corrected chi connectivity index (χ3v) is 3.75. The summed E-state index contributed by atoms with van der Waals surface area (Å²) in [6.45, 7) is 0.966. The Labute approximate surface area is 141 Å². The molecule has 124 valence electrons. The number of anilines is 1. The molecular formula is C19H21N3O2. The fourth-order valence-corrected chi connectivity index (χ4v) is 2.59. The fraction of sp³-hybridized carbons (Fsp3) is 0.263. The molecule has 24 heavy (non-hydrogen) atoms. The maximum Gasteiger partial charge on any atom is 0.223 e. The van der Waals surface area contributed by atoms with Gasteiger partial charge in [-0.25, -0.2) is 4.98 Å². The lowest BCUT2D eigenvalue weighted by molar-refractivity contribution is 0.145. The lowest BCUT2D eigenvalue weighted by atomic mass is 10.1. The van der Waals surface area contributed by atoms with Crippen molar-refractivity contribution in [3.05, 3.63) is 48.7 Å². The number of ether oxygens (including phenoxy) is 2. The second-order valence-electron chi connectivity index (χ2n) is 5.64. The van der Waals surface area contributed by atoms with Crippen LogP contribution in [0.1, 0.15) is 0 Å². The number of pyridine rings is 2. The van der Waals surface area contributed by atoms with Gasteiger partial charge >= 0.3 is 0 Å². The number of methoxy groups -OCH3 is 1. The van der Waals surface area contributed by atoms with Crippen LogP contribution in [0.25, 0.3) is 22.2 Å². The molecule has 3 aromatic rings. The van der Waals surface area contributed by atoms with Crippen LogP contribution in [0, 0.1) is 0 Å². The highest BCUT2D eigenvalue weighted by molar-refractivity contribution is 5.89. The molecule has 0 aliphatic heterocycles. The minimum Gasteiger partial charge on any atom is -0.475 e. The van der Waals surface area contributed by atoms with E-state index in [0.717, 1.165) is 27.8 Å². The summed E-state index contributed by atoms with van der Waals surface area (Å²) in [6, 6.07) is 14.0. The molecule has 0 aliphatic carbocycles. The first kappa shape index (κ1) is 16.2. The topological polar surface area (TPSA) is 47.5 Å². The van der Waals surface area contributed by atoms with Gasteiger partial charge in [-0.05, 0) is 24.3 Å². The summed E-state index contributed by atoms with van der Waals surface area (Å²) >= 11 is 0. The largest absolute Gasteiger partial charge is 0.475 e. The Bertz CT molecular complexity index is 834. The average molecular weight is 323 g/mol. The fourth-order valence-electron chi connectivity index (χ4n) is 2.59. The predicted octanol–water partition coefficient (Wildman–Crippen LogP) is 3.39. The van der Waals surface area contributed by atoms with Crippen LogP contribution in [0.3, 0.4) is 0 Å². The predicted molar refractivity (Wildman–Crippen MR) is 96.7 cm³/mol. The number of hydrogen-bond acceptors (Lipinski definition) is 5. The van der Waals surface area contributed by atoms with E-state index in [2.05, 4.69) is 22.0 Å². The molecule has 1 aromatic carbocycles. The Hall–Kier alpha value is -2.66. The van der Waals surface area contributed by atoms with E-state index in [1.165, 1.54) is 0 Å². The average Bonchev–Trinajstić information content (AvgIpc) is 2.61. The maximum atomic E-state index is 5.83. The number of para-hydroxylation sites is 1. The maximum absolute atomic E-state index is 5.83. The number of nitrogens with zero attached hydrogens (tertiary/aromatic N) is 3. The smallest absolute Gasteiger partial charge is 0.223 e. The Kier molecular flexibility index (Phi) is 4.91. The van der Waals surface area contributed by atoms with Gasteiger partial charge in [-0.15, -0.1) is 0 Å². The van der Waals surface area contributed by atoms with Crippen LogP contribution in [0.4, 0.5) is 5.69 Å². The summed E-state index contributed by atoms with van der Waals surface area (Å²) in [5.74, 6) is 0.584. The zero-order valence-electron chi connectivity index (χ0n) is 14.2. The van der Waals surface area contributed by atoms with Gasteiger partial charge in [0.1, 0.15) is 6.61 Å². The highest BCUT2D eigenvalue weighted by atomic mass is 16.5. The van der Waals surface area contributed by atoms with E-state index in [-0.39, 0.29) is 0 Å². The van der Waals surface area contributed by atoms with Gasteiger partial charge < -0.3 is 14.4 Å². The monoisotopic (exact) mass is 323 g/mol. The van der Waals surface area contributed by atoms with Crippen molar-refractivity contribution in [2.75, 3.05) is 39.3 Å². The van der Waals surface area contributed by atoms with E-state index >= 15 is 0 Å². The zero-order valence-corrected chi connectivity index (χ0v) is 14.2. The van der Waals surface area contributed by atoms with Crippen LogP contribution in [0.5, 0.6) is 5.88 Å². The Morgan fingerprint density at radius 1 is 1.04 bits per heavy atom. The molecule has 5 nitrogen and oxygen atoms in total. The van der Waals surface area contributed by atoms with E-state index < -0.39 is 0 Å². The first-order valence-corrected chi connectivity index (χ1v) is 7.85. The lowest BCUT2D eigenvalue weighted by Crippen LogP contribution is -2.10. The second kappa shape index (κ2) is 7.27. The van der Waals surface area contributed by atoms with Gasteiger partial charge in [-0.2, -0.15) is 0 Å². The van der Waals surface area contributed by atoms with Crippen LogP contribution in [0.15, 0.2) is 48.7 Å². The van der Waals surface area contributed by atoms with Gasteiger partial charge in [0.2, 0.25) is 5.88 Å². The number of rotatable bonds is 6. The molecule has 2 heterocycles. The lowest BCUT2D eigenvalue weighted by Gasteiger charge is -2.18. The zero-order chi connectivity index (χ0) is 16.9. The van der Waals surface area contributed by atoms with Crippen molar-refractivity contribution in [1.29, 1.82) is 0 Å². The molecule has 0 fully saturated rings. The van der Waals surface area contributed by atoms with E-state index in [1.807, 2.05) is 44.4 Å². The van der Waals surface area contributed by atoms with Gasteiger partial charge in [0, 0.05) is 38.7 Å². The molecule has 0 N–H and O–H groups in total. The standard InChI is InChI=1S/C19H21N3O2/c1-22(2)18-9-5-4-7-14(18)17-13-16-15(8-6-10-20-16)19(21-17)24-12-11-23-3/h4-10,13H,11-12H2,1-3H3. The van der Waals surface area contributed by atoms with Gasteiger partial charge in [0.15, 0.2) is 0 Å². The van der Waals surface area contributed by atoms with Crippen LogP contribution in [-0.4, -0.2) is 44.4 Å². The molecule has 0 saturated heterocycles. The highest BCUT2D eigenvalue weighted by Crippen LogP contribution is 2.33. The summed E-state index contributed by atoms with van der Waals surface area (Å²) in [5.41, 5.74) is 3.86. The minimum atomic E-state index is 0.451. The first-order chi connectivity index (χ1) is 11.7. The van der Waals surface area contributed by atoms with Crippen molar-refractivity contribution in [3.8, 4) is 17.1 Å². The quantitative estimate of drug-likeness (QED) is 0.651. The molecule has 0 bridgehead atoms. The van der Waals surface area contributed by atoms with E-state index in [4.69, 9.17) is 14.5 Å². The molecule has 0 spiro atoms. The van der Waals surface area contributed by atoms with E-state index in [0.29, 0.717) is 19.1 Å². The van der Waals surface area contributed by atoms with Crippen molar-refractivity contribution in [2.45, 2.75) is 0 Å². The summed E-state index contributed by atoms with van der Waals surface area (Å²) in [5, 5.41) is 0.902. The number of hydrogen-bond donors (Lipinski definition) is 0.